The molecule has 1 saturated carbocycles. The van der Waals surface area contributed by atoms with Crippen LogP contribution in [0.1, 0.15) is 17.0 Å². The van der Waals surface area contributed by atoms with Crippen LogP contribution in [-0.4, -0.2) is 11.1 Å². The maximum Gasteiger partial charge on any atom is 0.307 e. The molecule has 1 fully saturated rings. The van der Waals surface area contributed by atoms with Crippen molar-refractivity contribution in [2.75, 3.05) is 0 Å². The second-order valence-corrected chi connectivity index (χ2v) is 4.07. The molecule has 0 aromatic heterocycles. The molecule has 0 radical (unpaired) electrons. The van der Waals surface area contributed by atoms with Gasteiger partial charge in [-0.1, -0.05) is 12.1 Å². The molecule has 0 bridgehead atoms. The number of benzene rings is 1. The van der Waals surface area contributed by atoms with E-state index in [1.807, 2.05) is 6.07 Å². The van der Waals surface area contributed by atoms with Gasteiger partial charge in [-0.15, -0.1) is 0 Å². The van der Waals surface area contributed by atoms with Crippen LogP contribution in [0.15, 0.2) is 18.2 Å². The van der Waals surface area contributed by atoms with Crippen molar-refractivity contribution in [2.45, 2.75) is 12.3 Å². The summed E-state index contributed by atoms with van der Waals surface area (Å²) < 4.78 is 13.3. The molecule has 72 valence electrons. The van der Waals surface area contributed by atoms with Crippen LogP contribution in [0.25, 0.3) is 0 Å². The fraction of sp³-hybridized carbons (Fsp3) is 0.364. The average Bonchev–Trinajstić information content (AvgIpc) is 2.73. The van der Waals surface area contributed by atoms with E-state index in [4.69, 9.17) is 5.11 Å². The Kier molecular flexibility index (Phi) is 1.34. The normalized spacial score (nSPS) is 32.2. The van der Waals surface area contributed by atoms with E-state index in [0.717, 1.165) is 11.1 Å². The van der Waals surface area contributed by atoms with E-state index < -0.39 is 5.97 Å². The highest BCUT2D eigenvalue weighted by atomic mass is 19.1. The summed E-state index contributed by atoms with van der Waals surface area (Å²) in [4.78, 5) is 10.8. The van der Waals surface area contributed by atoms with Crippen molar-refractivity contribution < 1.29 is 14.3 Å². The number of halogens is 1. The Balaban J connectivity index is 2.03. The van der Waals surface area contributed by atoms with Gasteiger partial charge in [-0.05, 0) is 29.5 Å². The van der Waals surface area contributed by atoms with Crippen LogP contribution in [0, 0.1) is 17.7 Å². The van der Waals surface area contributed by atoms with Gasteiger partial charge in [0.05, 0.1) is 5.92 Å². The molecule has 0 saturated heterocycles. The van der Waals surface area contributed by atoms with Crippen molar-refractivity contribution in [2.24, 2.45) is 11.8 Å². The van der Waals surface area contributed by atoms with Crippen LogP contribution < -0.4 is 0 Å². The van der Waals surface area contributed by atoms with Gasteiger partial charge in [-0.2, -0.15) is 0 Å². The Morgan fingerprint density at radius 2 is 2.29 bits per heavy atom. The van der Waals surface area contributed by atoms with E-state index in [2.05, 4.69) is 0 Å². The van der Waals surface area contributed by atoms with Crippen LogP contribution in [-0.2, 0) is 11.2 Å². The van der Waals surface area contributed by atoms with E-state index in [9.17, 15) is 9.18 Å². The lowest BCUT2D eigenvalue weighted by Crippen LogP contribution is -2.06. The van der Waals surface area contributed by atoms with Gasteiger partial charge in [0.25, 0.3) is 0 Å². The standard InChI is InChI=1S/C11H9FO2/c12-8-3-1-2-5-6(8)4-7-9(5)10(7)11(13)14/h1-3,7,9-10H,4H2,(H,13,14)/t7-,9+,10-/m1/s1. The quantitative estimate of drug-likeness (QED) is 0.736. The molecule has 14 heavy (non-hydrogen) atoms. The molecule has 1 aromatic rings. The summed E-state index contributed by atoms with van der Waals surface area (Å²) in [6.07, 6.45) is 0.601. The van der Waals surface area contributed by atoms with Gasteiger partial charge in [0.2, 0.25) is 0 Å². The maximum absolute atomic E-state index is 13.3. The number of aliphatic carboxylic acids is 1. The Labute approximate surface area is 80.4 Å². The predicted octanol–water partition coefficient (Wildman–Crippen LogP) is 1.80. The van der Waals surface area contributed by atoms with E-state index in [-0.39, 0.29) is 23.6 Å². The summed E-state index contributed by atoms with van der Waals surface area (Å²) >= 11 is 0. The number of carboxylic acid groups (broad SMARTS) is 1. The molecule has 0 spiro atoms. The molecular weight excluding hydrogens is 183 g/mol. The molecule has 0 unspecified atom stereocenters. The lowest BCUT2D eigenvalue weighted by atomic mass is 10.0. The van der Waals surface area contributed by atoms with Crippen LogP contribution >= 0.6 is 0 Å². The lowest BCUT2D eigenvalue weighted by Gasteiger charge is -2.05. The molecule has 2 nitrogen and oxygen atoms in total. The van der Waals surface area contributed by atoms with Crippen LogP contribution in [0.2, 0.25) is 0 Å². The second-order valence-electron chi connectivity index (χ2n) is 4.07. The van der Waals surface area contributed by atoms with Crippen molar-refractivity contribution in [1.29, 1.82) is 0 Å². The zero-order valence-electron chi connectivity index (χ0n) is 7.40. The SMILES string of the molecule is O=C(O)[C@@H]1[C@@H]2Cc3c(F)cccc3[C@@H]21. The van der Waals surface area contributed by atoms with E-state index >= 15 is 0 Å². The molecule has 2 aliphatic rings. The number of hydrogen-bond acceptors (Lipinski definition) is 1. The van der Waals surface area contributed by atoms with Gasteiger partial charge in [-0.25, -0.2) is 4.39 Å². The first kappa shape index (κ1) is 7.97. The molecule has 3 heteroatoms. The summed E-state index contributed by atoms with van der Waals surface area (Å²) in [5.41, 5.74) is 1.66. The minimum Gasteiger partial charge on any atom is -0.481 e. The number of fused-ring (bicyclic) bond motifs is 3. The van der Waals surface area contributed by atoms with Gasteiger partial charge in [0, 0.05) is 5.92 Å². The van der Waals surface area contributed by atoms with Crippen molar-refractivity contribution >= 4 is 5.97 Å². The Morgan fingerprint density at radius 3 is 3.00 bits per heavy atom. The summed E-state index contributed by atoms with van der Waals surface area (Å²) in [6, 6.07) is 4.96. The minimum absolute atomic E-state index is 0.0817. The van der Waals surface area contributed by atoms with Crippen LogP contribution in [0.3, 0.4) is 0 Å². The monoisotopic (exact) mass is 192 g/mol. The Bertz CT molecular complexity index is 427. The first-order valence-electron chi connectivity index (χ1n) is 4.70. The zero-order valence-corrected chi connectivity index (χ0v) is 7.40. The Morgan fingerprint density at radius 1 is 1.50 bits per heavy atom. The number of carboxylic acids is 1. The van der Waals surface area contributed by atoms with Crippen molar-refractivity contribution in [1.82, 2.24) is 0 Å². The molecule has 0 heterocycles. The fourth-order valence-electron chi connectivity index (χ4n) is 2.73. The first-order chi connectivity index (χ1) is 6.70. The second kappa shape index (κ2) is 2.35. The topological polar surface area (TPSA) is 37.3 Å². The van der Waals surface area contributed by atoms with Gasteiger partial charge in [0.15, 0.2) is 0 Å². The molecular formula is C11H9FO2. The van der Waals surface area contributed by atoms with Crippen molar-refractivity contribution in [3.8, 4) is 0 Å². The van der Waals surface area contributed by atoms with Gasteiger partial charge >= 0.3 is 5.97 Å². The third-order valence-corrected chi connectivity index (χ3v) is 3.41. The lowest BCUT2D eigenvalue weighted by molar-refractivity contribution is -0.139. The van der Waals surface area contributed by atoms with Gasteiger partial charge in [-0.3, -0.25) is 4.79 Å². The Hall–Kier alpha value is -1.38. The van der Waals surface area contributed by atoms with Crippen LogP contribution in [0.5, 0.6) is 0 Å². The van der Waals surface area contributed by atoms with Gasteiger partial charge < -0.3 is 5.11 Å². The average molecular weight is 192 g/mol. The smallest absolute Gasteiger partial charge is 0.307 e. The van der Waals surface area contributed by atoms with E-state index in [1.165, 1.54) is 6.07 Å². The number of hydrogen-bond donors (Lipinski definition) is 1. The number of rotatable bonds is 1. The molecule has 0 amide bonds. The third-order valence-electron chi connectivity index (χ3n) is 3.41. The van der Waals surface area contributed by atoms with E-state index in [1.54, 1.807) is 6.07 Å². The zero-order chi connectivity index (χ0) is 9.87. The summed E-state index contributed by atoms with van der Waals surface area (Å²) in [5.74, 6) is -0.948. The largest absolute Gasteiger partial charge is 0.481 e. The minimum atomic E-state index is -0.741. The molecule has 3 rings (SSSR count). The van der Waals surface area contributed by atoms with E-state index in [0.29, 0.717) is 6.42 Å². The third kappa shape index (κ3) is 0.820. The molecule has 1 aromatic carbocycles. The fourth-order valence-corrected chi connectivity index (χ4v) is 2.73. The highest BCUT2D eigenvalue weighted by Gasteiger charge is 2.60. The summed E-state index contributed by atoms with van der Waals surface area (Å²) in [5, 5.41) is 8.86. The van der Waals surface area contributed by atoms with Crippen molar-refractivity contribution in [3.05, 3.63) is 35.1 Å². The number of carbonyl (C=O) groups is 1. The highest BCUT2D eigenvalue weighted by Crippen LogP contribution is 2.61. The molecule has 3 atom stereocenters. The van der Waals surface area contributed by atoms with Gasteiger partial charge in [0.1, 0.15) is 5.82 Å². The van der Waals surface area contributed by atoms with Crippen molar-refractivity contribution in [3.63, 3.8) is 0 Å². The summed E-state index contributed by atoms with van der Waals surface area (Å²) in [7, 11) is 0. The van der Waals surface area contributed by atoms with Crippen LogP contribution in [0.4, 0.5) is 4.39 Å². The summed E-state index contributed by atoms with van der Waals surface area (Å²) in [6.45, 7) is 0. The molecule has 2 aliphatic carbocycles. The highest BCUT2D eigenvalue weighted by molar-refractivity contribution is 5.77. The maximum atomic E-state index is 13.3. The first-order valence-corrected chi connectivity index (χ1v) is 4.70. The molecule has 0 aliphatic heterocycles. The predicted molar refractivity (Wildman–Crippen MR) is 47.5 cm³/mol. The molecule has 1 N–H and O–H groups in total.